The molecule has 0 radical (unpaired) electrons. The molecular weight excluding hydrogens is 583 g/mol. The van der Waals surface area contributed by atoms with Crippen molar-refractivity contribution in [2.75, 3.05) is 6.61 Å². The fourth-order valence-electron chi connectivity index (χ4n) is 4.51. The predicted octanol–water partition coefficient (Wildman–Crippen LogP) is 4.41. The standard InChI is InChI=1S/C17H9NO5S8Si/c1-3-21-32(22-4(2)27-14(25)13(24)23-32)17(16(31-17)15(26)29-16)7-5-6-8(10-9(7)28-10)30-18(11(5)19)12(6)20/h4H,3H2,1-2H3. The van der Waals surface area contributed by atoms with E-state index in [1.54, 1.807) is 34.9 Å². The molecule has 0 N–H and O–H groups in total. The average molecular weight is 592 g/mol. The quantitative estimate of drug-likeness (QED) is 0.193. The topological polar surface area (TPSA) is 66.2 Å². The number of thioether (sulfide) groups is 3. The smallest absolute Gasteiger partial charge is 0.489 e. The fraction of sp³-hybridized carbons (Fsp3) is 0.353. The largest absolute Gasteiger partial charge is 0.592 e. The normalized spacial score (nSPS) is 35.1. The van der Waals surface area contributed by atoms with Crippen LogP contribution in [0.5, 0.6) is 0 Å². The molecular formula is C17H9NO5S8Si. The highest BCUT2D eigenvalue weighted by atomic mass is 32.2. The third kappa shape index (κ3) is 2.30. The Labute approximate surface area is 217 Å². The van der Waals surface area contributed by atoms with E-state index < -0.39 is 17.3 Å². The summed E-state index contributed by atoms with van der Waals surface area (Å²) in [5.41, 5.74) is -0.115. The van der Waals surface area contributed by atoms with Crippen LogP contribution in [0.25, 0.3) is 24.9 Å². The van der Waals surface area contributed by atoms with Crippen molar-refractivity contribution >= 4 is 142 Å². The summed E-state index contributed by atoms with van der Waals surface area (Å²) in [6, 6.07) is 0. The summed E-state index contributed by atoms with van der Waals surface area (Å²) in [6.45, 7) is 4.10. The lowest BCUT2D eigenvalue weighted by atomic mass is 10.0. The molecule has 164 valence electrons. The maximum Gasteiger partial charge on any atom is 0.592 e. The van der Waals surface area contributed by atoms with Crippen LogP contribution in [0.4, 0.5) is 0 Å². The lowest BCUT2D eigenvalue weighted by Gasteiger charge is -2.35. The van der Waals surface area contributed by atoms with Gasteiger partial charge in [-0.3, -0.25) is 9.59 Å². The van der Waals surface area contributed by atoms with Crippen LogP contribution >= 0.6 is 94.8 Å². The fourth-order valence-corrected chi connectivity index (χ4v) is 18.2. The molecule has 0 saturated carbocycles. The zero-order chi connectivity index (χ0) is 22.4. The third-order valence-electron chi connectivity index (χ3n) is 5.80. The van der Waals surface area contributed by atoms with Gasteiger partial charge in [-0.25, -0.2) is 0 Å². The number of aromatic nitrogens is 1. The number of nitrogens with zero attached hydrogens (tertiary/aromatic N) is 1. The average Bonchev–Trinajstić information content (AvgIpc) is 3.66. The van der Waals surface area contributed by atoms with Gasteiger partial charge in [0.15, 0.2) is 9.42 Å². The monoisotopic (exact) mass is 591 g/mol. The first kappa shape index (κ1) is 21.3. The van der Waals surface area contributed by atoms with Crippen molar-refractivity contribution in [3.63, 3.8) is 0 Å². The molecule has 4 aromatic rings. The lowest BCUT2D eigenvalue weighted by molar-refractivity contribution is 0.0956. The second kappa shape index (κ2) is 6.43. The zero-order valence-electron chi connectivity index (χ0n) is 16.0. The summed E-state index contributed by atoms with van der Waals surface area (Å²) in [7, 11) is -3.67. The molecule has 32 heavy (non-hydrogen) atoms. The van der Waals surface area contributed by atoms with Gasteiger partial charge in [0.1, 0.15) is 8.28 Å². The van der Waals surface area contributed by atoms with E-state index in [1.807, 2.05) is 13.8 Å². The van der Waals surface area contributed by atoms with Crippen LogP contribution in [0.1, 0.15) is 19.4 Å². The minimum Gasteiger partial charge on any atom is -0.489 e. The number of rotatable bonds is 4. The van der Waals surface area contributed by atoms with Gasteiger partial charge in [0.25, 0.3) is 11.1 Å². The predicted molar refractivity (Wildman–Crippen MR) is 148 cm³/mol. The molecule has 6 nitrogen and oxygen atoms in total. The first-order valence-corrected chi connectivity index (χ1v) is 16.4. The zero-order valence-corrected chi connectivity index (χ0v) is 23.6. The van der Waals surface area contributed by atoms with Gasteiger partial charge in [-0.1, -0.05) is 48.0 Å². The highest BCUT2D eigenvalue weighted by molar-refractivity contribution is 8.49. The van der Waals surface area contributed by atoms with Crippen LogP contribution in [0, 0.1) is 0 Å². The molecule has 4 atom stereocenters. The lowest BCUT2D eigenvalue weighted by Crippen LogP contribution is -2.59. The van der Waals surface area contributed by atoms with Gasteiger partial charge in [-0.05, 0) is 37.6 Å². The number of hydrogen-bond donors (Lipinski definition) is 0. The Morgan fingerprint density at radius 3 is 2.50 bits per heavy atom. The van der Waals surface area contributed by atoms with Gasteiger partial charge in [0, 0.05) is 12.2 Å². The van der Waals surface area contributed by atoms with Gasteiger partial charge in [0.05, 0.1) is 34.5 Å². The first-order chi connectivity index (χ1) is 15.2. The van der Waals surface area contributed by atoms with E-state index in [9.17, 15) is 9.59 Å². The molecule has 1 aromatic carbocycles. The van der Waals surface area contributed by atoms with Crippen molar-refractivity contribution in [3.05, 3.63) is 26.3 Å². The summed E-state index contributed by atoms with van der Waals surface area (Å²) in [4.78, 5) is 26.2. The molecule has 15 heteroatoms. The summed E-state index contributed by atoms with van der Waals surface area (Å²) >= 11 is 23.9. The molecule has 3 fully saturated rings. The van der Waals surface area contributed by atoms with Crippen LogP contribution in [0.3, 0.4) is 0 Å². The summed E-state index contributed by atoms with van der Waals surface area (Å²) < 4.78 is 23.5. The molecule has 4 unspecified atom stereocenters. The second-order valence-electron chi connectivity index (χ2n) is 7.47. The Morgan fingerprint density at radius 1 is 1.16 bits per heavy atom. The highest BCUT2D eigenvalue weighted by Crippen LogP contribution is 2.89. The minimum atomic E-state index is -3.67. The number of benzene rings is 1. The second-order valence-corrected chi connectivity index (χ2v) is 18.3. The number of hydrogen-bond acceptors (Lipinski definition) is 13. The van der Waals surface area contributed by atoms with Gasteiger partial charge in [-0.15, -0.1) is 23.1 Å². The highest BCUT2D eigenvalue weighted by Gasteiger charge is 2.95. The molecule has 0 aliphatic carbocycles. The van der Waals surface area contributed by atoms with Crippen molar-refractivity contribution in [2.45, 2.75) is 27.7 Å². The van der Waals surface area contributed by atoms with Crippen LogP contribution in [-0.2, 0) is 17.6 Å². The maximum absolute atomic E-state index is 13.3. The Kier molecular flexibility index (Phi) is 4.29. The van der Waals surface area contributed by atoms with E-state index in [0.29, 0.717) is 21.6 Å². The molecule has 0 amide bonds. The van der Waals surface area contributed by atoms with Crippen molar-refractivity contribution in [2.24, 2.45) is 0 Å². The van der Waals surface area contributed by atoms with Gasteiger partial charge < -0.3 is 13.3 Å². The Balaban J connectivity index is 1.58. The summed E-state index contributed by atoms with van der Waals surface area (Å²) in [6.07, 6.45) is 0. The van der Waals surface area contributed by atoms with Crippen molar-refractivity contribution in [3.8, 4) is 0 Å². The summed E-state index contributed by atoms with van der Waals surface area (Å²) in [5, 5.41) is 1.12. The van der Waals surface area contributed by atoms with Crippen molar-refractivity contribution in [1.82, 2.24) is 3.79 Å². The van der Waals surface area contributed by atoms with E-state index in [-0.39, 0.29) is 21.6 Å². The Hall–Kier alpha value is 0.0569. The molecule has 6 heterocycles. The maximum atomic E-state index is 13.3. The number of fused-ring (bicyclic) bond motifs is 3. The molecule has 7 rings (SSSR count). The summed E-state index contributed by atoms with van der Waals surface area (Å²) in [5.74, 6) is 0. The molecule has 2 bridgehead atoms. The number of thiocarbonyl (C=S) groups is 3. The molecule has 3 aliphatic heterocycles. The van der Waals surface area contributed by atoms with Crippen LogP contribution in [0.15, 0.2) is 9.59 Å². The SMILES string of the molecule is CCO[Si]1(C2(c3c4sc4c4sn5c(=O)c3c4c5=O)SC23SC3=S)OC(=S)C(=S)SC(C)O1. The third-order valence-corrected chi connectivity index (χ3v) is 19.0. The van der Waals surface area contributed by atoms with E-state index in [0.717, 1.165) is 23.9 Å². The van der Waals surface area contributed by atoms with Gasteiger partial charge in [0.2, 0.25) is 0 Å². The Morgan fingerprint density at radius 2 is 1.88 bits per heavy atom. The molecule has 3 aliphatic rings. The minimum absolute atomic E-state index is 0.182. The van der Waals surface area contributed by atoms with Crippen LogP contribution in [0.2, 0.25) is 0 Å². The van der Waals surface area contributed by atoms with Crippen molar-refractivity contribution < 1.29 is 13.3 Å². The van der Waals surface area contributed by atoms with Crippen LogP contribution < -0.4 is 11.1 Å². The van der Waals surface area contributed by atoms with Gasteiger partial charge >= 0.3 is 8.80 Å². The molecule has 3 saturated heterocycles. The van der Waals surface area contributed by atoms with E-state index in [2.05, 4.69) is 0 Å². The van der Waals surface area contributed by atoms with E-state index >= 15 is 0 Å². The molecule has 3 aromatic heterocycles. The van der Waals surface area contributed by atoms with Crippen LogP contribution in [-0.4, -0.2) is 42.2 Å². The van der Waals surface area contributed by atoms with E-state index in [1.165, 1.54) is 27.1 Å². The first-order valence-electron chi connectivity index (χ1n) is 9.39. The van der Waals surface area contributed by atoms with Gasteiger partial charge in [-0.2, -0.15) is 3.79 Å². The van der Waals surface area contributed by atoms with Crippen molar-refractivity contribution in [1.29, 1.82) is 0 Å². The van der Waals surface area contributed by atoms with E-state index in [4.69, 9.17) is 49.9 Å². The Bertz CT molecular complexity index is 1630. The molecule has 1 spiro atoms.